The third-order valence-corrected chi connectivity index (χ3v) is 5.52. The zero-order chi connectivity index (χ0) is 18.8. The summed E-state index contributed by atoms with van der Waals surface area (Å²) in [5.74, 6) is 0.873. The Labute approximate surface area is 158 Å². The highest BCUT2D eigenvalue weighted by molar-refractivity contribution is 7.79. The largest absolute Gasteiger partial charge is 0.396 e. The summed E-state index contributed by atoms with van der Waals surface area (Å²) in [5.41, 5.74) is 2.82. The van der Waals surface area contributed by atoms with E-state index in [4.69, 9.17) is 0 Å². The molecule has 4 N–H and O–H groups in total. The van der Waals surface area contributed by atoms with Crippen LogP contribution < -0.4 is 10.2 Å². The Balaban J connectivity index is 1.70. The number of aromatic amines is 1. The van der Waals surface area contributed by atoms with Gasteiger partial charge in [-0.3, -0.25) is 0 Å². The van der Waals surface area contributed by atoms with Crippen LogP contribution in [0.1, 0.15) is 12.8 Å². The molecule has 1 aliphatic rings. The number of aliphatic hydroxyl groups is 1. The van der Waals surface area contributed by atoms with E-state index in [9.17, 15) is 13.9 Å². The number of fused-ring (bicyclic) bond motifs is 1. The predicted molar refractivity (Wildman–Crippen MR) is 102 cm³/mol. The summed E-state index contributed by atoms with van der Waals surface area (Å²) in [5, 5.41) is 12.6. The molecule has 3 aromatic rings. The van der Waals surface area contributed by atoms with Gasteiger partial charge < -0.3 is 24.9 Å². The van der Waals surface area contributed by atoms with Gasteiger partial charge in [0.2, 0.25) is 0 Å². The van der Waals surface area contributed by atoms with Crippen molar-refractivity contribution in [3.63, 3.8) is 0 Å². The van der Waals surface area contributed by atoms with Crippen LogP contribution in [0.3, 0.4) is 0 Å². The number of aliphatic hydroxyl groups excluding tert-OH is 1. The predicted octanol–water partition coefficient (Wildman–Crippen LogP) is 1.89. The van der Waals surface area contributed by atoms with Crippen LogP contribution in [0.25, 0.3) is 11.2 Å². The Morgan fingerprint density at radius 3 is 2.81 bits per heavy atom. The standard InChI is InChI=1S/C17H20N6O3S/c24-8-11-3-5-23(6-4-11)14-2-1-12(27(25)26)7-13(14)22-17-15-16(19-9-18-15)20-10-21-17/h1-2,7,9-11,24H,3-6,8H2,(H,25,26)(H2,18,19,20,21,22). The summed E-state index contributed by atoms with van der Waals surface area (Å²) < 4.78 is 21.0. The summed E-state index contributed by atoms with van der Waals surface area (Å²) in [7, 11) is 0. The molecule has 0 aliphatic carbocycles. The van der Waals surface area contributed by atoms with E-state index in [1.165, 1.54) is 6.33 Å². The fraction of sp³-hybridized carbons (Fsp3) is 0.353. The molecule has 1 aromatic carbocycles. The SMILES string of the molecule is O=S(O)c1ccc(N2CCC(CO)CC2)c(Nc2ncnc3nc[nH]c23)c1. The molecular formula is C17H20N6O3S. The third-order valence-electron chi connectivity index (χ3n) is 4.86. The van der Waals surface area contributed by atoms with Crippen molar-refractivity contribution in [2.24, 2.45) is 5.92 Å². The lowest BCUT2D eigenvalue weighted by Gasteiger charge is -2.34. The van der Waals surface area contributed by atoms with Crippen LogP contribution in [0.4, 0.5) is 17.2 Å². The van der Waals surface area contributed by atoms with Gasteiger partial charge in [0.25, 0.3) is 0 Å². The smallest absolute Gasteiger partial charge is 0.186 e. The second-order valence-electron chi connectivity index (χ2n) is 6.49. The van der Waals surface area contributed by atoms with Crippen molar-refractivity contribution in [2.75, 3.05) is 29.9 Å². The first-order valence-electron chi connectivity index (χ1n) is 8.67. The molecule has 0 amide bonds. The van der Waals surface area contributed by atoms with Crippen LogP contribution in [0.5, 0.6) is 0 Å². The second kappa shape index (κ2) is 7.59. The number of piperidine rings is 1. The number of aromatic nitrogens is 4. The summed E-state index contributed by atoms with van der Waals surface area (Å²) in [4.78, 5) is 18.0. The molecule has 1 fully saturated rings. The Morgan fingerprint density at radius 2 is 2.07 bits per heavy atom. The van der Waals surface area contributed by atoms with Crippen molar-refractivity contribution >= 4 is 39.4 Å². The Kier molecular flexibility index (Phi) is 5.01. The summed E-state index contributed by atoms with van der Waals surface area (Å²) >= 11 is -2.08. The topological polar surface area (TPSA) is 127 Å². The lowest BCUT2D eigenvalue weighted by Crippen LogP contribution is -2.35. The number of H-pyrrole nitrogens is 1. The molecule has 10 heteroatoms. The van der Waals surface area contributed by atoms with Crippen LogP contribution in [-0.2, 0) is 11.1 Å². The molecule has 0 radical (unpaired) electrons. The molecule has 1 atom stereocenters. The Bertz CT molecular complexity index is 970. The van der Waals surface area contributed by atoms with Gasteiger partial charge in [-0.15, -0.1) is 0 Å². The molecule has 4 rings (SSSR count). The highest BCUT2D eigenvalue weighted by Crippen LogP contribution is 2.34. The van der Waals surface area contributed by atoms with Crippen LogP contribution in [0.2, 0.25) is 0 Å². The first kappa shape index (κ1) is 17.8. The minimum atomic E-state index is -2.08. The van der Waals surface area contributed by atoms with E-state index in [1.807, 2.05) is 6.07 Å². The molecule has 2 aromatic heterocycles. The van der Waals surface area contributed by atoms with Crippen molar-refractivity contribution in [3.8, 4) is 0 Å². The number of rotatable bonds is 5. The number of anilines is 3. The van der Waals surface area contributed by atoms with Crippen molar-refractivity contribution < 1.29 is 13.9 Å². The van der Waals surface area contributed by atoms with Gasteiger partial charge in [0, 0.05) is 19.7 Å². The van der Waals surface area contributed by atoms with E-state index in [1.54, 1.807) is 18.5 Å². The molecule has 1 aliphatic heterocycles. The van der Waals surface area contributed by atoms with Gasteiger partial charge in [0.1, 0.15) is 11.8 Å². The van der Waals surface area contributed by atoms with Crippen LogP contribution in [-0.4, -0.2) is 53.5 Å². The first-order valence-corrected chi connectivity index (χ1v) is 9.78. The molecule has 0 saturated carbocycles. The maximum atomic E-state index is 11.5. The lowest BCUT2D eigenvalue weighted by molar-refractivity contribution is 0.203. The summed E-state index contributed by atoms with van der Waals surface area (Å²) in [6.45, 7) is 1.83. The quantitative estimate of drug-likeness (QED) is 0.488. The maximum absolute atomic E-state index is 11.5. The summed E-state index contributed by atoms with van der Waals surface area (Å²) in [6, 6.07) is 5.16. The van der Waals surface area contributed by atoms with E-state index >= 15 is 0 Å². The van der Waals surface area contributed by atoms with Gasteiger partial charge in [-0.1, -0.05) is 0 Å². The molecule has 3 heterocycles. The number of hydrogen-bond acceptors (Lipinski definition) is 7. The van der Waals surface area contributed by atoms with Crippen molar-refractivity contribution in [1.82, 2.24) is 19.9 Å². The Morgan fingerprint density at radius 1 is 1.26 bits per heavy atom. The van der Waals surface area contributed by atoms with Crippen LogP contribution in [0.15, 0.2) is 35.7 Å². The molecule has 142 valence electrons. The summed E-state index contributed by atoms with van der Waals surface area (Å²) in [6.07, 6.45) is 4.78. The van der Waals surface area contributed by atoms with Gasteiger partial charge in [0.05, 0.1) is 22.6 Å². The van der Waals surface area contributed by atoms with Crippen LogP contribution in [0, 0.1) is 5.92 Å². The van der Waals surface area contributed by atoms with E-state index in [2.05, 4.69) is 30.2 Å². The van der Waals surface area contributed by atoms with Crippen LogP contribution >= 0.6 is 0 Å². The number of nitrogens with zero attached hydrogens (tertiary/aromatic N) is 4. The first-order chi connectivity index (χ1) is 13.2. The van der Waals surface area contributed by atoms with Gasteiger partial charge in [-0.25, -0.2) is 19.2 Å². The molecule has 0 bridgehead atoms. The van der Waals surface area contributed by atoms with E-state index in [0.29, 0.717) is 33.5 Å². The van der Waals surface area contributed by atoms with Crippen molar-refractivity contribution in [2.45, 2.75) is 17.7 Å². The average Bonchev–Trinajstić information content (AvgIpc) is 3.18. The van der Waals surface area contributed by atoms with E-state index in [0.717, 1.165) is 31.6 Å². The van der Waals surface area contributed by atoms with Gasteiger partial charge >= 0.3 is 0 Å². The highest BCUT2D eigenvalue weighted by Gasteiger charge is 2.22. The lowest BCUT2D eigenvalue weighted by atomic mass is 9.97. The minimum absolute atomic E-state index is 0.208. The fourth-order valence-electron chi connectivity index (χ4n) is 3.34. The van der Waals surface area contributed by atoms with Gasteiger partial charge in [0.15, 0.2) is 22.5 Å². The number of nitrogens with one attached hydrogen (secondary N) is 2. The van der Waals surface area contributed by atoms with Gasteiger partial charge in [-0.2, -0.15) is 0 Å². The third kappa shape index (κ3) is 3.64. The monoisotopic (exact) mass is 388 g/mol. The van der Waals surface area contributed by atoms with E-state index < -0.39 is 11.1 Å². The normalized spacial score (nSPS) is 16.6. The molecular weight excluding hydrogens is 368 g/mol. The maximum Gasteiger partial charge on any atom is 0.186 e. The Hall–Kier alpha value is -2.56. The molecule has 9 nitrogen and oxygen atoms in total. The van der Waals surface area contributed by atoms with Crippen molar-refractivity contribution in [1.29, 1.82) is 0 Å². The number of imidazole rings is 1. The molecule has 0 spiro atoms. The van der Waals surface area contributed by atoms with Gasteiger partial charge in [-0.05, 0) is 37.0 Å². The fourth-order valence-corrected chi connectivity index (χ4v) is 3.75. The molecule has 27 heavy (non-hydrogen) atoms. The average molecular weight is 388 g/mol. The zero-order valence-electron chi connectivity index (χ0n) is 14.5. The highest BCUT2D eigenvalue weighted by atomic mass is 32.2. The second-order valence-corrected chi connectivity index (χ2v) is 7.46. The number of hydrogen-bond donors (Lipinski definition) is 4. The number of benzene rings is 1. The molecule has 1 saturated heterocycles. The van der Waals surface area contributed by atoms with E-state index in [-0.39, 0.29) is 6.61 Å². The van der Waals surface area contributed by atoms with Crippen molar-refractivity contribution in [3.05, 3.63) is 30.9 Å². The molecule has 1 unspecified atom stereocenters. The minimum Gasteiger partial charge on any atom is -0.396 e. The zero-order valence-corrected chi connectivity index (χ0v) is 15.3.